The molecule has 0 bridgehead atoms. The van der Waals surface area contributed by atoms with Crippen LogP contribution < -0.4 is 10.1 Å². The van der Waals surface area contributed by atoms with Crippen molar-refractivity contribution < 1.29 is 17.9 Å². The van der Waals surface area contributed by atoms with E-state index in [1.165, 1.54) is 11.3 Å². The number of thiophene rings is 1. The van der Waals surface area contributed by atoms with Crippen molar-refractivity contribution in [3.05, 3.63) is 70.4 Å². The Kier molecular flexibility index (Phi) is 5.14. The van der Waals surface area contributed by atoms with E-state index in [-0.39, 0.29) is 34.6 Å². The summed E-state index contributed by atoms with van der Waals surface area (Å²) >= 11 is 1.34. The second-order valence-corrected chi connectivity index (χ2v) is 9.35. The van der Waals surface area contributed by atoms with Gasteiger partial charge in [-0.1, -0.05) is 36.3 Å². The number of amides is 1. The number of carbonyl (C=O) groups is 1. The predicted molar refractivity (Wildman–Crippen MR) is 112 cm³/mol. The first kappa shape index (κ1) is 19.2. The van der Waals surface area contributed by atoms with Crippen molar-refractivity contribution in [2.45, 2.75) is 22.1 Å². The number of carbonyl (C=O) groups excluding carboxylic acids is 1. The number of nitrogens with one attached hydrogen (secondary N) is 1. The Hall–Kier alpha value is -3.08. The molecule has 0 saturated heterocycles. The van der Waals surface area contributed by atoms with Gasteiger partial charge in [0.15, 0.2) is 0 Å². The third kappa shape index (κ3) is 3.65. The Morgan fingerprint density at radius 3 is 2.55 bits per heavy atom. The minimum Gasteiger partial charge on any atom is -0.481 e. The Bertz CT molecular complexity index is 1190. The quantitative estimate of drug-likeness (QED) is 0.628. The zero-order chi connectivity index (χ0) is 20.4. The summed E-state index contributed by atoms with van der Waals surface area (Å²) in [6, 6.07) is 15.6. The van der Waals surface area contributed by atoms with Gasteiger partial charge in [-0.3, -0.25) is 4.79 Å². The second-order valence-electron chi connectivity index (χ2n) is 6.52. The largest absolute Gasteiger partial charge is 0.481 e. The number of hydrogen-bond donors (Lipinski definition) is 1. The van der Waals surface area contributed by atoms with Gasteiger partial charge in [0.25, 0.3) is 0 Å². The van der Waals surface area contributed by atoms with E-state index in [0.29, 0.717) is 11.4 Å². The van der Waals surface area contributed by atoms with Crippen LogP contribution in [0.15, 0.2) is 69.8 Å². The highest BCUT2D eigenvalue weighted by Gasteiger charge is 2.34. The van der Waals surface area contributed by atoms with Gasteiger partial charge < -0.3 is 10.1 Å². The summed E-state index contributed by atoms with van der Waals surface area (Å²) in [5.41, 5.74) is 1.30. The minimum absolute atomic E-state index is 0.135. The Morgan fingerprint density at radius 2 is 1.86 bits per heavy atom. The topological polar surface area (TPSA) is 72.5 Å². The van der Waals surface area contributed by atoms with E-state index in [9.17, 15) is 13.2 Å². The molecule has 0 unspecified atom stereocenters. The maximum Gasteiger partial charge on any atom is 0.225 e. The van der Waals surface area contributed by atoms with Crippen molar-refractivity contribution >= 4 is 32.8 Å². The fraction of sp³-hybridized carbons (Fsp3) is 0.136. The molecular weight excluding hydrogens is 406 g/mol. The zero-order valence-electron chi connectivity index (χ0n) is 15.3. The maximum absolute atomic E-state index is 13.1. The van der Waals surface area contributed by atoms with Gasteiger partial charge in [0.1, 0.15) is 17.3 Å². The van der Waals surface area contributed by atoms with Crippen LogP contribution in [0.2, 0.25) is 0 Å². The summed E-state index contributed by atoms with van der Waals surface area (Å²) in [5.74, 6) is 2.63. The van der Waals surface area contributed by atoms with Crippen LogP contribution in [-0.4, -0.2) is 20.9 Å². The summed E-state index contributed by atoms with van der Waals surface area (Å²) in [7, 11) is -3.73. The van der Waals surface area contributed by atoms with Crippen LogP contribution >= 0.6 is 11.3 Å². The molecule has 1 N–H and O–H groups in total. The molecule has 1 aromatic heterocycles. The van der Waals surface area contributed by atoms with Crippen molar-refractivity contribution in [1.29, 1.82) is 0 Å². The first-order valence-corrected chi connectivity index (χ1v) is 11.2. The highest BCUT2D eigenvalue weighted by Crippen LogP contribution is 2.45. The van der Waals surface area contributed by atoms with Crippen molar-refractivity contribution in [2.24, 2.45) is 0 Å². The number of fused-ring (bicyclic) bond motifs is 1. The van der Waals surface area contributed by atoms with E-state index < -0.39 is 9.84 Å². The molecule has 1 aliphatic rings. The van der Waals surface area contributed by atoms with E-state index in [1.54, 1.807) is 47.8 Å². The summed E-state index contributed by atoms with van der Waals surface area (Å²) in [6.45, 7) is 0.182. The lowest BCUT2D eigenvalue weighted by atomic mass is 9.90. The minimum atomic E-state index is -3.73. The third-order valence-electron chi connectivity index (χ3n) is 4.70. The molecule has 0 aliphatic carbocycles. The van der Waals surface area contributed by atoms with E-state index in [0.717, 1.165) is 10.4 Å². The van der Waals surface area contributed by atoms with Crippen LogP contribution in [0.5, 0.6) is 5.75 Å². The molecule has 1 aliphatic heterocycles. The summed E-state index contributed by atoms with van der Waals surface area (Å²) in [4.78, 5) is 13.5. The number of benzene rings is 2. The fourth-order valence-corrected chi connectivity index (χ4v) is 6.25. The Labute approximate surface area is 173 Å². The molecule has 2 heterocycles. The van der Waals surface area contributed by atoms with E-state index in [2.05, 4.69) is 11.2 Å². The standard InChI is InChI=1S/C22H17NO4S2/c1-2-12-27-16-10-8-15(9-11-16)18-13-20(24)23-21-19(14-28-22(18)21)29(25,26)17-6-4-3-5-7-17/h1,3-11,14,18H,12-13H2,(H,23,24)/t18-/m0/s1. The van der Waals surface area contributed by atoms with Gasteiger partial charge in [0.05, 0.1) is 10.6 Å². The van der Waals surface area contributed by atoms with Crippen LogP contribution in [0.4, 0.5) is 5.69 Å². The molecule has 4 rings (SSSR count). The van der Waals surface area contributed by atoms with Crippen LogP contribution in [-0.2, 0) is 14.6 Å². The number of ether oxygens (including phenoxy) is 1. The number of terminal acetylenes is 1. The van der Waals surface area contributed by atoms with Crippen LogP contribution in [0.3, 0.4) is 0 Å². The molecule has 0 radical (unpaired) electrons. The third-order valence-corrected chi connectivity index (χ3v) is 7.74. The lowest BCUT2D eigenvalue weighted by Crippen LogP contribution is -2.23. The predicted octanol–water partition coefficient (Wildman–Crippen LogP) is 4.07. The normalized spacial score (nSPS) is 15.8. The smallest absolute Gasteiger partial charge is 0.225 e. The van der Waals surface area contributed by atoms with Crippen molar-refractivity contribution in [2.75, 3.05) is 11.9 Å². The van der Waals surface area contributed by atoms with E-state index in [1.807, 2.05) is 12.1 Å². The highest BCUT2D eigenvalue weighted by atomic mass is 32.2. The van der Waals surface area contributed by atoms with Crippen LogP contribution in [0.25, 0.3) is 0 Å². The molecule has 0 fully saturated rings. The monoisotopic (exact) mass is 423 g/mol. The van der Waals surface area contributed by atoms with Crippen molar-refractivity contribution in [3.63, 3.8) is 0 Å². The summed E-state index contributed by atoms with van der Waals surface area (Å²) in [6.07, 6.45) is 5.46. The first-order valence-electron chi connectivity index (χ1n) is 8.88. The van der Waals surface area contributed by atoms with E-state index in [4.69, 9.17) is 11.2 Å². The average molecular weight is 424 g/mol. The molecule has 3 aromatic rings. The molecule has 7 heteroatoms. The highest BCUT2D eigenvalue weighted by molar-refractivity contribution is 7.91. The van der Waals surface area contributed by atoms with E-state index >= 15 is 0 Å². The number of anilines is 1. The molecule has 146 valence electrons. The molecule has 1 atom stereocenters. The van der Waals surface area contributed by atoms with Gasteiger partial charge in [0, 0.05) is 22.6 Å². The van der Waals surface area contributed by atoms with Crippen LogP contribution in [0.1, 0.15) is 22.8 Å². The number of sulfone groups is 1. The molecule has 2 aromatic carbocycles. The molecule has 5 nitrogen and oxygen atoms in total. The summed E-state index contributed by atoms with van der Waals surface area (Å²) < 4.78 is 31.6. The molecule has 1 amide bonds. The zero-order valence-corrected chi connectivity index (χ0v) is 16.9. The molecule has 0 saturated carbocycles. The van der Waals surface area contributed by atoms with Gasteiger partial charge in [-0.25, -0.2) is 8.42 Å². The molecule has 0 spiro atoms. The number of hydrogen-bond acceptors (Lipinski definition) is 5. The van der Waals surface area contributed by atoms with Gasteiger partial charge in [0.2, 0.25) is 15.7 Å². The lowest BCUT2D eigenvalue weighted by molar-refractivity contribution is -0.116. The van der Waals surface area contributed by atoms with Crippen molar-refractivity contribution in [1.82, 2.24) is 0 Å². The lowest BCUT2D eigenvalue weighted by Gasteiger charge is -2.24. The Balaban J connectivity index is 1.72. The van der Waals surface area contributed by atoms with Gasteiger partial charge in [-0.05, 0) is 29.8 Å². The first-order chi connectivity index (χ1) is 14.0. The SMILES string of the molecule is C#CCOc1ccc([C@@H]2CC(=O)Nc3c(S(=O)(=O)c4ccccc4)csc32)cc1. The number of rotatable bonds is 5. The Morgan fingerprint density at radius 1 is 1.14 bits per heavy atom. The van der Waals surface area contributed by atoms with Crippen molar-refractivity contribution in [3.8, 4) is 18.1 Å². The molecule has 29 heavy (non-hydrogen) atoms. The fourth-order valence-electron chi connectivity index (χ4n) is 3.32. The van der Waals surface area contributed by atoms with Gasteiger partial charge >= 0.3 is 0 Å². The van der Waals surface area contributed by atoms with Crippen LogP contribution in [0, 0.1) is 12.3 Å². The van der Waals surface area contributed by atoms with Gasteiger partial charge in [-0.2, -0.15) is 0 Å². The second kappa shape index (κ2) is 7.74. The van der Waals surface area contributed by atoms with Gasteiger partial charge in [-0.15, -0.1) is 17.8 Å². The maximum atomic E-state index is 13.1. The summed E-state index contributed by atoms with van der Waals surface area (Å²) in [5, 5.41) is 4.38. The molecular formula is C22H17NO4S2. The average Bonchev–Trinajstić information content (AvgIpc) is 3.17.